The van der Waals surface area contributed by atoms with Crippen molar-refractivity contribution in [1.82, 2.24) is 0 Å². The van der Waals surface area contributed by atoms with Gasteiger partial charge in [0.05, 0.1) is 35.9 Å². The van der Waals surface area contributed by atoms with Crippen LogP contribution < -0.4 is 25.0 Å². The summed E-state index contributed by atoms with van der Waals surface area (Å²) in [5, 5.41) is 2.39. The van der Waals surface area contributed by atoms with E-state index in [2.05, 4.69) is 5.32 Å². The van der Waals surface area contributed by atoms with Gasteiger partial charge in [-0.1, -0.05) is 23.7 Å². The number of amides is 1. The van der Waals surface area contributed by atoms with Crippen molar-refractivity contribution >= 4 is 34.2 Å². The van der Waals surface area contributed by atoms with Crippen LogP contribution in [-0.2, 0) is 11.0 Å². The summed E-state index contributed by atoms with van der Waals surface area (Å²) in [4.78, 5) is 25.8. The molecule has 0 atom stereocenters. The minimum absolute atomic E-state index is 0.0227. The number of nitrogens with one attached hydrogen (secondary N) is 1. The molecule has 1 N–H and O–H groups in total. The quantitative estimate of drug-likeness (QED) is 0.306. The van der Waals surface area contributed by atoms with E-state index in [0.29, 0.717) is 23.1 Å². The number of rotatable bonds is 7. The fraction of sp³-hybridized carbons (Fsp3) is 0.154. The van der Waals surface area contributed by atoms with Gasteiger partial charge in [0, 0.05) is 5.56 Å². The number of halogens is 4. The molecule has 192 valence electrons. The summed E-state index contributed by atoms with van der Waals surface area (Å²) >= 11 is 5.95. The van der Waals surface area contributed by atoms with Crippen LogP contribution in [0.1, 0.15) is 5.56 Å². The molecule has 0 fully saturated rings. The Morgan fingerprint density at radius 1 is 1.00 bits per heavy atom. The first-order valence-corrected chi connectivity index (χ1v) is 11.1. The van der Waals surface area contributed by atoms with Gasteiger partial charge in [-0.2, -0.15) is 13.2 Å². The lowest BCUT2D eigenvalue weighted by Gasteiger charge is -2.14. The van der Waals surface area contributed by atoms with E-state index in [4.69, 9.17) is 30.2 Å². The van der Waals surface area contributed by atoms with Crippen LogP contribution >= 0.6 is 11.6 Å². The minimum Gasteiger partial charge on any atom is -0.493 e. The van der Waals surface area contributed by atoms with Crippen molar-refractivity contribution in [3.8, 4) is 28.6 Å². The third-order valence-electron chi connectivity index (χ3n) is 5.32. The van der Waals surface area contributed by atoms with Crippen molar-refractivity contribution in [2.24, 2.45) is 0 Å². The molecule has 3 aromatic carbocycles. The van der Waals surface area contributed by atoms with Crippen molar-refractivity contribution in [2.45, 2.75) is 6.18 Å². The predicted molar refractivity (Wildman–Crippen MR) is 132 cm³/mol. The first kappa shape index (κ1) is 25.9. The first-order chi connectivity index (χ1) is 17.6. The molecule has 0 saturated heterocycles. The maximum atomic E-state index is 13.3. The Balaban J connectivity index is 1.68. The third-order valence-corrected chi connectivity index (χ3v) is 5.65. The SMILES string of the molecule is COc1ccc(-c2oc3ccccc3c(=O)c2OCC(=O)Nc2cc(C(F)(F)F)ccc2Cl)cc1OC. The number of alkyl halides is 3. The molecule has 37 heavy (non-hydrogen) atoms. The van der Waals surface area contributed by atoms with Gasteiger partial charge in [-0.15, -0.1) is 0 Å². The van der Waals surface area contributed by atoms with Crippen molar-refractivity contribution in [3.05, 3.63) is 81.5 Å². The van der Waals surface area contributed by atoms with Gasteiger partial charge in [-0.3, -0.25) is 9.59 Å². The zero-order valence-electron chi connectivity index (χ0n) is 19.4. The minimum atomic E-state index is -4.63. The number of carbonyl (C=O) groups excluding carboxylic acids is 1. The number of carbonyl (C=O) groups is 1. The number of ether oxygens (including phenoxy) is 3. The summed E-state index contributed by atoms with van der Waals surface area (Å²) < 4.78 is 61.2. The van der Waals surface area contributed by atoms with Gasteiger partial charge < -0.3 is 23.9 Å². The van der Waals surface area contributed by atoms with Crippen LogP contribution in [0, 0.1) is 0 Å². The topological polar surface area (TPSA) is 87.0 Å². The molecule has 1 aromatic heterocycles. The zero-order chi connectivity index (χ0) is 26.7. The molecule has 0 radical (unpaired) electrons. The maximum Gasteiger partial charge on any atom is 0.416 e. The molecule has 4 aromatic rings. The summed E-state index contributed by atoms with van der Waals surface area (Å²) in [6.07, 6.45) is -4.63. The van der Waals surface area contributed by atoms with Gasteiger partial charge in [0.1, 0.15) is 5.58 Å². The second kappa shape index (κ2) is 10.4. The largest absolute Gasteiger partial charge is 0.493 e. The molecule has 1 heterocycles. The van der Waals surface area contributed by atoms with E-state index in [0.717, 1.165) is 12.1 Å². The highest BCUT2D eigenvalue weighted by Crippen LogP contribution is 2.37. The van der Waals surface area contributed by atoms with Crippen molar-refractivity contribution in [1.29, 1.82) is 0 Å². The van der Waals surface area contributed by atoms with E-state index in [1.807, 2.05) is 0 Å². The number of fused-ring (bicyclic) bond motifs is 1. The molecule has 11 heteroatoms. The van der Waals surface area contributed by atoms with Gasteiger partial charge in [0.25, 0.3) is 5.91 Å². The standard InChI is InChI=1S/C26H19ClF3NO6/c1-34-20-10-7-14(11-21(20)35-2)24-25(23(33)16-5-3-4-6-19(16)37-24)36-13-22(32)31-18-12-15(26(28,29)30)8-9-17(18)27/h3-12H,13H2,1-2H3,(H,31,32). The molecule has 0 aliphatic rings. The normalized spacial score (nSPS) is 11.3. The van der Waals surface area contributed by atoms with Crippen LogP contribution in [0.2, 0.25) is 5.02 Å². The molecule has 7 nitrogen and oxygen atoms in total. The van der Waals surface area contributed by atoms with E-state index in [9.17, 15) is 22.8 Å². The summed E-state index contributed by atoms with van der Waals surface area (Å²) in [7, 11) is 2.91. The second-order valence-electron chi connectivity index (χ2n) is 7.68. The van der Waals surface area contributed by atoms with Crippen LogP contribution in [0.15, 0.2) is 69.9 Å². The Morgan fingerprint density at radius 2 is 1.73 bits per heavy atom. The molecule has 0 bridgehead atoms. The molecule has 0 saturated carbocycles. The predicted octanol–water partition coefficient (Wildman–Crippen LogP) is 6.17. The van der Waals surface area contributed by atoms with Crippen molar-refractivity contribution < 1.29 is 36.6 Å². The molecule has 0 aliphatic heterocycles. The fourth-order valence-electron chi connectivity index (χ4n) is 3.54. The van der Waals surface area contributed by atoms with Crippen LogP contribution in [0.5, 0.6) is 17.2 Å². The highest BCUT2D eigenvalue weighted by Gasteiger charge is 2.31. The van der Waals surface area contributed by atoms with E-state index in [1.165, 1.54) is 20.3 Å². The lowest BCUT2D eigenvalue weighted by Crippen LogP contribution is -2.23. The number of anilines is 1. The van der Waals surface area contributed by atoms with E-state index >= 15 is 0 Å². The Hall–Kier alpha value is -4.18. The van der Waals surface area contributed by atoms with Gasteiger partial charge in [-0.05, 0) is 48.5 Å². The number of methoxy groups -OCH3 is 2. The fourth-order valence-corrected chi connectivity index (χ4v) is 3.71. The Bertz CT molecular complexity index is 1530. The highest BCUT2D eigenvalue weighted by atomic mass is 35.5. The first-order valence-electron chi connectivity index (χ1n) is 10.7. The number of hydrogen-bond donors (Lipinski definition) is 1. The molecule has 0 aliphatic carbocycles. The Labute approximate surface area is 213 Å². The van der Waals surface area contributed by atoms with Crippen LogP contribution in [0.25, 0.3) is 22.3 Å². The smallest absolute Gasteiger partial charge is 0.416 e. The molecule has 0 unspecified atom stereocenters. The molecular formula is C26H19ClF3NO6. The Morgan fingerprint density at radius 3 is 2.43 bits per heavy atom. The van der Waals surface area contributed by atoms with Gasteiger partial charge in [0.15, 0.2) is 23.9 Å². The third kappa shape index (κ3) is 5.49. The van der Waals surface area contributed by atoms with Gasteiger partial charge >= 0.3 is 6.18 Å². The van der Waals surface area contributed by atoms with E-state index < -0.39 is 29.7 Å². The number of para-hydroxylation sites is 1. The lowest BCUT2D eigenvalue weighted by atomic mass is 10.1. The molecular weight excluding hydrogens is 515 g/mol. The van der Waals surface area contributed by atoms with Gasteiger partial charge in [0.2, 0.25) is 11.2 Å². The number of benzene rings is 3. The molecule has 4 rings (SSSR count). The van der Waals surface area contributed by atoms with Gasteiger partial charge in [-0.25, -0.2) is 0 Å². The summed E-state index contributed by atoms with van der Waals surface area (Å²) in [6, 6.07) is 13.8. The highest BCUT2D eigenvalue weighted by molar-refractivity contribution is 6.33. The summed E-state index contributed by atoms with van der Waals surface area (Å²) in [6.45, 7) is -0.712. The van der Waals surface area contributed by atoms with Crippen molar-refractivity contribution in [3.63, 3.8) is 0 Å². The summed E-state index contributed by atoms with van der Waals surface area (Å²) in [5.74, 6) is -0.286. The van der Waals surface area contributed by atoms with Crippen molar-refractivity contribution in [2.75, 3.05) is 26.1 Å². The summed E-state index contributed by atoms with van der Waals surface area (Å²) in [5.41, 5.74) is -1.10. The van der Waals surface area contributed by atoms with E-state index in [-0.39, 0.29) is 33.2 Å². The molecule has 1 amide bonds. The average Bonchev–Trinajstić information content (AvgIpc) is 2.88. The Kier molecular flexibility index (Phi) is 7.30. The second-order valence-corrected chi connectivity index (χ2v) is 8.09. The van der Waals surface area contributed by atoms with Crippen LogP contribution in [0.3, 0.4) is 0 Å². The van der Waals surface area contributed by atoms with Crippen LogP contribution in [0.4, 0.5) is 18.9 Å². The van der Waals surface area contributed by atoms with E-state index in [1.54, 1.807) is 36.4 Å². The van der Waals surface area contributed by atoms with Crippen LogP contribution in [-0.4, -0.2) is 26.7 Å². The monoisotopic (exact) mass is 533 g/mol. The average molecular weight is 534 g/mol. The zero-order valence-corrected chi connectivity index (χ0v) is 20.2. The lowest BCUT2D eigenvalue weighted by molar-refractivity contribution is -0.137. The maximum absolute atomic E-state index is 13.3. The number of hydrogen-bond acceptors (Lipinski definition) is 6. The molecule has 0 spiro atoms.